The maximum Gasteiger partial charge on any atom is 0.186 e. The first-order valence-corrected chi connectivity index (χ1v) is 7.47. The predicted octanol–water partition coefficient (Wildman–Crippen LogP) is 2.40. The lowest BCUT2D eigenvalue weighted by atomic mass is 10.1. The first kappa shape index (κ1) is 13.8. The molecule has 0 aliphatic carbocycles. The van der Waals surface area contributed by atoms with Crippen LogP contribution in [0.3, 0.4) is 0 Å². The molecule has 3 rings (SSSR count). The predicted molar refractivity (Wildman–Crippen MR) is 83.0 cm³/mol. The number of rotatable bonds is 4. The Balaban J connectivity index is 1.87. The summed E-state index contributed by atoms with van der Waals surface area (Å²) >= 11 is 0. The van der Waals surface area contributed by atoms with E-state index in [2.05, 4.69) is 33.4 Å². The van der Waals surface area contributed by atoms with Crippen molar-refractivity contribution in [2.75, 3.05) is 25.0 Å². The summed E-state index contributed by atoms with van der Waals surface area (Å²) in [5, 5.41) is 21.8. The van der Waals surface area contributed by atoms with Gasteiger partial charge in [0.05, 0.1) is 11.2 Å². The third kappa shape index (κ3) is 2.67. The van der Waals surface area contributed by atoms with Gasteiger partial charge in [-0.2, -0.15) is 5.26 Å². The van der Waals surface area contributed by atoms with Gasteiger partial charge in [-0.15, -0.1) is 10.2 Å². The number of hydrogen-bond donors (Lipinski definition) is 1. The smallest absolute Gasteiger partial charge is 0.186 e. The SMILES string of the molecule is CCN1CCCC1CNc1c(C#N)nnc2ccccc12. The molecule has 21 heavy (non-hydrogen) atoms. The zero-order chi connectivity index (χ0) is 14.7. The Morgan fingerprint density at radius 2 is 2.24 bits per heavy atom. The molecule has 5 nitrogen and oxygen atoms in total. The second-order valence-electron chi connectivity index (χ2n) is 5.36. The molecule has 1 atom stereocenters. The number of nitriles is 1. The van der Waals surface area contributed by atoms with Crippen molar-refractivity contribution in [1.29, 1.82) is 5.26 Å². The highest BCUT2D eigenvalue weighted by atomic mass is 15.2. The summed E-state index contributed by atoms with van der Waals surface area (Å²) in [6.07, 6.45) is 2.46. The largest absolute Gasteiger partial charge is 0.381 e. The fourth-order valence-corrected chi connectivity index (χ4v) is 3.07. The van der Waals surface area contributed by atoms with E-state index < -0.39 is 0 Å². The molecule has 5 heteroatoms. The van der Waals surface area contributed by atoms with Gasteiger partial charge in [0.2, 0.25) is 0 Å². The molecule has 2 heterocycles. The third-order valence-electron chi connectivity index (χ3n) is 4.19. The average Bonchev–Trinajstić information content (AvgIpc) is 2.99. The van der Waals surface area contributed by atoms with Gasteiger partial charge in [-0.25, -0.2) is 0 Å². The number of anilines is 1. The first-order chi connectivity index (χ1) is 10.3. The highest BCUT2D eigenvalue weighted by Crippen LogP contribution is 2.25. The zero-order valence-electron chi connectivity index (χ0n) is 12.2. The molecule has 1 aliphatic rings. The van der Waals surface area contributed by atoms with Crippen molar-refractivity contribution in [2.24, 2.45) is 0 Å². The highest BCUT2D eigenvalue weighted by molar-refractivity contribution is 5.92. The van der Waals surface area contributed by atoms with Crippen LogP contribution < -0.4 is 5.32 Å². The molecule has 1 N–H and O–H groups in total. The van der Waals surface area contributed by atoms with Crippen LogP contribution in [0.1, 0.15) is 25.5 Å². The van der Waals surface area contributed by atoms with Gasteiger partial charge in [0.15, 0.2) is 5.69 Å². The quantitative estimate of drug-likeness (QED) is 0.932. The Labute approximate surface area is 124 Å². The van der Waals surface area contributed by atoms with Gasteiger partial charge in [-0.3, -0.25) is 4.90 Å². The van der Waals surface area contributed by atoms with Crippen LogP contribution in [0.5, 0.6) is 0 Å². The second-order valence-corrected chi connectivity index (χ2v) is 5.36. The summed E-state index contributed by atoms with van der Waals surface area (Å²) in [6, 6.07) is 10.5. The lowest BCUT2D eigenvalue weighted by molar-refractivity contribution is 0.277. The molecule has 0 amide bonds. The van der Waals surface area contributed by atoms with E-state index in [0.717, 1.165) is 29.7 Å². The average molecular weight is 281 g/mol. The highest BCUT2D eigenvalue weighted by Gasteiger charge is 2.23. The number of aromatic nitrogens is 2. The van der Waals surface area contributed by atoms with E-state index in [1.165, 1.54) is 19.4 Å². The number of benzene rings is 1. The Hall–Kier alpha value is -2.19. The van der Waals surface area contributed by atoms with Gasteiger partial charge in [0.1, 0.15) is 6.07 Å². The minimum absolute atomic E-state index is 0.370. The molecule has 2 aromatic rings. The van der Waals surface area contributed by atoms with Gasteiger partial charge in [-0.05, 0) is 32.0 Å². The summed E-state index contributed by atoms with van der Waals surface area (Å²) < 4.78 is 0. The van der Waals surface area contributed by atoms with Crippen molar-refractivity contribution in [3.05, 3.63) is 30.0 Å². The van der Waals surface area contributed by atoms with Crippen molar-refractivity contribution >= 4 is 16.6 Å². The van der Waals surface area contributed by atoms with Crippen LogP contribution in [0.2, 0.25) is 0 Å². The minimum Gasteiger partial charge on any atom is -0.381 e. The normalized spacial score (nSPS) is 18.8. The molecule has 108 valence electrons. The fourth-order valence-electron chi connectivity index (χ4n) is 3.07. The molecule has 0 spiro atoms. The van der Waals surface area contributed by atoms with E-state index in [-0.39, 0.29) is 0 Å². The van der Waals surface area contributed by atoms with Crippen LogP contribution in [0.25, 0.3) is 10.9 Å². The van der Waals surface area contributed by atoms with Gasteiger partial charge < -0.3 is 5.32 Å². The molecule has 1 aromatic heterocycles. The van der Waals surface area contributed by atoms with Crippen LogP contribution in [0.15, 0.2) is 24.3 Å². The standard InChI is InChI=1S/C16H19N5/c1-2-21-9-5-6-12(21)11-18-16-13-7-3-4-8-14(13)19-20-15(16)10-17/h3-4,7-8,12H,2,5-6,9,11H2,1H3,(H,18,19). The Bertz CT molecular complexity index is 676. The molecule has 1 unspecified atom stereocenters. The van der Waals surface area contributed by atoms with E-state index in [9.17, 15) is 5.26 Å². The van der Waals surface area contributed by atoms with Crippen LogP contribution in [0.4, 0.5) is 5.69 Å². The van der Waals surface area contributed by atoms with Crippen LogP contribution in [0, 0.1) is 11.3 Å². The molecule has 1 saturated heterocycles. The maximum absolute atomic E-state index is 9.27. The van der Waals surface area contributed by atoms with E-state index in [1.54, 1.807) is 0 Å². The Morgan fingerprint density at radius 1 is 1.38 bits per heavy atom. The Morgan fingerprint density at radius 3 is 3.05 bits per heavy atom. The van der Waals surface area contributed by atoms with E-state index in [0.29, 0.717) is 11.7 Å². The second kappa shape index (κ2) is 6.06. The summed E-state index contributed by atoms with van der Waals surface area (Å²) in [5.74, 6) is 0. The number of fused-ring (bicyclic) bond motifs is 1. The van der Waals surface area contributed by atoms with Crippen LogP contribution in [-0.4, -0.2) is 40.8 Å². The molecule has 0 bridgehead atoms. The molecule has 1 aliphatic heterocycles. The maximum atomic E-state index is 9.27. The van der Waals surface area contributed by atoms with Crippen LogP contribution in [-0.2, 0) is 0 Å². The summed E-state index contributed by atoms with van der Waals surface area (Å²) in [6.45, 7) is 5.29. The van der Waals surface area contributed by atoms with E-state index in [4.69, 9.17) is 0 Å². The lowest BCUT2D eigenvalue weighted by Gasteiger charge is -2.23. The minimum atomic E-state index is 0.370. The van der Waals surface area contributed by atoms with Crippen molar-refractivity contribution in [1.82, 2.24) is 15.1 Å². The topological polar surface area (TPSA) is 64.8 Å². The number of likely N-dealkylation sites (tertiary alicyclic amines) is 1. The number of likely N-dealkylation sites (N-methyl/N-ethyl adjacent to an activating group) is 1. The fraction of sp³-hybridized carbons (Fsp3) is 0.438. The summed E-state index contributed by atoms with van der Waals surface area (Å²) in [4.78, 5) is 2.48. The van der Waals surface area contributed by atoms with Gasteiger partial charge >= 0.3 is 0 Å². The zero-order valence-corrected chi connectivity index (χ0v) is 12.2. The number of nitrogens with zero attached hydrogens (tertiary/aromatic N) is 4. The van der Waals surface area contributed by atoms with Crippen molar-refractivity contribution < 1.29 is 0 Å². The van der Waals surface area contributed by atoms with Gasteiger partial charge in [0, 0.05) is 18.0 Å². The van der Waals surface area contributed by atoms with Crippen molar-refractivity contribution in [2.45, 2.75) is 25.8 Å². The molecule has 0 radical (unpaired) electrons. The number of hydrogen-bond acceptors (Lipinski definition) is 5. The Kier molecular flexibility index (Phi) is 3.98. The van der Waals surface area contributed by atoms with Crippen molar-refractivity contribution in [3.63, 3.8) is 0 Å². The van der Waals surface area contributed by atoms with Gasteiger partial charge in [-0.1, -0.05) is 25.1 Å². The third-order valence-corrected chi connectivity index (χ3v) is 4.19. The molecular weight excluding hydrogens is 262 g/mol. The molecule has 0 saturated carbocycles. The van der Waals surface area contributed by atoms with Crippen molar-refractivity contribution in [3.8, 4) is 6.07 Å². The monoisotopic (exact) mass is 281 g/mol. The lowest BCUT2D eigenvalue weighted by Crippen LogP contribution is -2.34. The van der Waals surface area contributed by atoms with Crippen LogP contribution >= 0.6 is 0 Å². The first-order valence-electron chi connectivity index (χ1n) is 7.47. The molecule has 1 fully saturated rings. The van der Waals surface area contributed by atoms with E-state index in [1.807, 2.05) is 24.3 Å². The summed E-state index contributed by atoms with van der Waals surface area (Å²) in [7, 11) is 0. The molecule has 1 aromatic carbocycles. The summed E-state index contributed by atoms with van der Waals surface area (Å²) in [5.41, 5.74) is 2.00. The van der Waals surface area contributed by atoms with E-state index >= 15 is 0 Å². The van der Waals surface area contributed by atoms with Gasteiger partial charge in [0.25, 0.3) is 0 Å². The number of nitrogens with one attached hydrogen (secondary N) is 1. The molecular formula is C16H19N5.